The highest BCUT2D eigenvalue weighted by Crippen LogP contribution is 2.32. The largest absolute Gasteiger partial charge is 0.478 e. The van der Waals surface area contributed by atoms with E-state index in [1.54, 1.807) is 6.08 Å². The van der Waals surface area contributed by atoms with E-state index in [9.17, 15) is 4.79 Å². The highest BCUT2D eigenvalue weighted by atomic mass is 16.4. The molecule has 1 aromatic rings. The molecule has 0 saturated carbocycles. The maximum absolute atomic E-state index is 10.6. The molecular weight excluding hydrogens is 262 g/mol. The van der Waals surface area contributed by atoms with Crippen LogP contribution < -0.4 is 4.90 Å². The van der Waals surface area contributed by atoms with Crippen molar-refractivity contribution >= 4 is 17.7 Å². The molecule has 0 aliphatic carbocycles. The van der Waals surface area contributed by atoms with Crippen molar-refractivity contribution in [3.63, 3.8) is 0 Å². The molecule has 114 valence electrons. The van der Waals surface area contributed by atoms with E-state index in [2.05, 4.69) is 30.9 Å². The zero-order valence-corrected chi connectivity index (χ0v) is 13.2. The molecule has 0 spiro atoms. The highest BCUT2D eigenvalue weighted by Gasteiger charge is 2.23. The maximum Gasteiger partial charge on any atom is 0.328 e. The predicted octanol–water partition coefficient (Wildman–Crippen LogP) is 4.11. The van der Waals surface area contributed by atoms with Crippen LogP contribution in [-0.2, 0) is 4.79 Å². The van der Waals surface area contributed by atoms with Crippen molar-refractivity contribution in [3.8, 4) is 0 Å². The van der Waals surface area contributed by atoms with Crippen LogP contribution in [0.5, 0.6) is 0 Å². The first kappa shape index (κ1) is 15.6. The van der Waals surface area contributed by atoms with Crippen LogP contribution >= 0.6 is 0 Å². The van der Waals surface area contributed by atoms with Crippen molar-refractivity contribution < 1.29 is 9.90 Å². The minimum absolute atomic E-state index is 0.438. The monoisotopic (exact) mass is 287 g/mol. The summed E-state index contributed by atoms with van der Waals surface area (Å²) in [5, 5.41) is 8.71. The van der Waals surface area contributed by atoms with Crippen LogP contribution in [0.3, 0.4) is 0 Å². The first-order valence-electron chi connectivity index (χ1n) is 7.64. The van der Waals surface area contributed by atoms with Crippen molar-refractivity contribution in [2.24, 2.45) is 5.41 Å². The zero-order chi connectivity index (χ0) is 15.5. The molecule has 1 aliphatic rings. The third-order valence-electron chi connectivity index (χ3n) is 4.36. The molecule has 0 atom stereocenters. The van der Waals surface area contributed by atoms with Crippen LogP contribution in [-0.4, -0.2) is 24.2 Å². The number of rotatable bonds is 3. The number of anilines is 1. The smallest absolute Gasteiger partial charge is 0.328 e. The van der Waals surface area contributed by atoms with Gasteiger partial charge in [-0.1, -0.05) is 19.9 Å². The molecule has 0 amide bonds. The third kappa shape index (κ3) is 4.35. The number of hydrogen-bond donors (Lipinski definition) is 1. The molecule has 1 fully saturated rings. The Morgan fingerprint density at radius 3 is 2.71 bits per heavy atom. The molecule has 1 N–H and O–H groups in total. The summed E-state index contributed by atoms with van der Waals surface area (Å²) in [6.07, 6.45) is 6.57. The first-order chi connectivity index (χ1) is 9.87. The van der Waals surface area contributed by atoms with Gasteiger partial charge in [0, 0.05) is 24.9 Å². The van der Waals surface area contributed by atoms with Gasteiger partial charge in [0.15, 0.2) is 0 Å². The van der Waals surface area contributed by atoms with Gasteiger partial charge in [0.2, 0.25) is 0 Å². The summed E-state index contributed by atoms with van der Waals surface area (Å²) in [4.78, 5) is 13.1. The molecule has 1 saturated heterocycles. The summed E-state index contributed by atoms with van der Waals surface area (Å²) < 4.78 is 0. The third-order valence-corrected chi connectivity index (χ3v) is 4.36. The van der Waals surface area contributed by atoms with Gasteiger partial charge in [0.25, 0.3) is 0 Å². The topological polar surface area (TPSA) is 40.5 Å². The van der Waals surface area contributed by atoms with Crippen LogP contribution in [0.15, 0.2) is 24.3 Å². The van der Waals surface area contributed by atoms with E-state index in [0.717, 1.165) is 24.2 Å². The number of carbonyl (C=O) groups is 1. The zero-order valence-electron chi connectivity index (χ0n) is 13.2. The van der Waals surface area contributed by atoms with E-state index < -0.39 is 5.97 Å². The lowest BCUT2D eigenvalue weighted by molar-refractivity contribution is -0.131. The number of aryl methyl sites for hydroxylation is 1. The normalized spacial score (nSPS) is 18.7. The van der Waals surface area contributed by atoms with Crippen molar-refractivity contribution in [3.05, 3.63) is 35.4 Å². The van der Waals surface area contributed by atoms with Gasteiger partial charge in [-0.2, -0.15) is 0 Å². The summed E-state index contributed by atoms with van der Waals surface area (Å²) >= 11 is 0. The molecule has 1 aromatic carbocycles. The van der Waals surface area contributed by atoms with E-state index in [4.69, 9.17) is 5.11 Å². The van der Waals surface area contributed by atoms with Crippen molar-refractivity contribution in [1.29, 1.82) is 0 Å². The van der Waals surface area contributed by atoms with Gasteiger partial charge in [-0.15, -0.1) is 0 Å². The fourth-order valence-electron chi connectivity index (χ4n) is 2.89. The fourth-order valence-corrected chi connectivity index (χ4v) is 2.89. The summed E-state index contributed by atoms with van der Waals surface area (Å²) in [5.41, 5.74) is 3.77. The second-order valence-corrected chi connectivity index (χ2v) is 6.72. The molecule has 21 heavy (non-hydrogen) atoms. The number of carboxylic acids is 1. The Labute approximate surface area is 127 Å². The lowest BCUT2D eigenvalue weighted by Gasteiger charge is -2.25. The average molecular weight is 287 g/mol. The second kappa shape index (κ2) is 6.33. The van der Waals surface area contributed by atoms with Gasteiger partial charge in [0.1, 0.15) is 0 Å². The lowest BCUT2D eigenvalue weighted by Crippen LogP contribution is -2.25. The number of benzene rings is 1. The Morgan fingerprint density at radius 1 is 1.29 bits per heavy atom. The van der Waals surface area contributed by atoms with Gasteiger partial charge >= 0.3 is 5.97 Å². The van der Waals surface area contributed by atoms with Gasteiger partial charge in [0.05, 0.1) is 0 Å². The lowest BCUT2D eigenvalue weighted by atomic mass is 9.85. The minimum atomic E-state index is -0.909. The number of nitrogens with zero attached hydrogens (tertiary/aromatic N) is 1. The summed E-state index contributed by atoms with van der Waals surface area (Å²) in [7, 11) is 0. The minimum Gasteiger partial charge on any atom is -0.478 e. The van der Waals surface area contributed by atoms with Crippen LogP contribution in [0.25, 0.3) is 6.08 Å². The fraction of sp³-hybridized carbons (Fsp3) is 0.500. The van der Waals surface area contributed by atoms with Crippen LogP contribution in [0.1, 0.15) is 44.2 Å². The molecule has 0 bridgehead atoms. The second-order valence-electron chi connectivity index (χ2n) is 6.72. The number of aliphatic carboxylic acids is 1. The van der Waals surface area contributed by atoms with E-state index in [0.29, 0.717) is 5.41 Å². The standard InChI is InChI=1S/C18H25NO2/c1-14-13-16(7-5-15(14)6-8-17(20)21)19-11-4-9-18(2,3)10-12-19/h5-8,13H,4,9-12H2,1-3H3,(H,20,21). The molecule has 1 heterocycles. The quantitative estimate of drug-likeness (QED) is 0.851. The summed E-state index contributed by atoms with van der Waals surface area (Å²) in [6.45, 7) is 8.93. The summed E-state index contributed by atoms with van der Waals surface area (Å²) in [5.74, 6) is -0.909. The molecule has 0 aromatic heterocycles. The van der Waals surface area contributed by atoms with Gasteiger partial charge in [-0.05, 0) is 60.9 Å². The van der Waals surface area contributed by atoms with Gasteiger partial charge in [-0.3, -0.25) is 0 Å². The van der Waals surface area contributed by atoms with E-state index in [1.807, 2.05) is 13.0 Å². The Kier molecular flexibility index (Phi) is 4.71. The van der Waals surface area contributed by atoms with Crippen molar-refractivity contribution in [2.75, 3.05) is 18.0 Å². The predicted molar refractivity (Wildman–Crippen MR) is 87.7 cm³/mol. The Balaban J connectivity index is 2.14. The molecular formula is C18H25NO2. The molecule has 2 rings (SSSR count). The van der Waals surface area contributed by atoms with E-state index in [-0.39, 0.29) is 0 Å². The Morgan fingerprint density at radius 2 is 2.05 bits per heavy atom. The highest BCUT2D eigenvalue weighted by molar-refractivity contribution is 5.85. The van der Waals surface area contributed by atoms with Crippen molar-refractivity contribution in [1.82, 2.24) is 0 Å². The number of hydrogen-bond acceptors (Lipinski definition) is 2. The molecule has 0 radical (unpaired) electrons. The van der Waals surface area contributed by atoms with Crippen LogP contribution in [0.4, 0.5) is 5.69 Å². The maximum atomic E-state index is 10.6. The van der Waals surface area contributed by atoms with Crippen LogP contribution in [0, 0.1) is 12.3 Å². The van der Waals surface area contributed by atoms with Crippen LogP contribution in [0.2, 0.25) is 0 Å². The molecule has 0 unspecified atom stereocenters. The number of carboxylic acid groups (broad SMARTS) is 1. The molecule has 3 heteroatoms. The Hall–Kier alpha value is -1.77. The van der Waals surface area contributed by atoms with E-state index in [1.165, 1.54) is 31.0 Å². The summed E-state index contributed by atoms with van der Waals surface area (Å²) in [6, 6.07) is 6.28. The Bertz CT molecular complexity index is 546. The van der Waals surface area contributed by atoms with E-state index >= 15 is 0 Å². The van der Waals surface area contributed by atoms with Crippen molar-refractivity contribution in [2.45, 2.75) is 40.0 Å². The van der Waals surface area contributed by atoms with Gasteiger partial charge in [-0.25, -0.2) is 4.79 Å². The first-order valence-corrected chi connectivity index (χ1v) is 7.64. The average Bonchev–Trinajstić information content (AvgIpc) is 2.58. The SMILES string of the molecule is Cc1cc(N2CCCC(C)(C)CC2)ccc1C=CC(=O)O. The molecule has 1 aliphatic heterocycles. The van der Waals surface area contributed by atoms with Gasteiger partial charge < -0.3 is 10.0 Å². The molecule has 3 nitrogen and oxygen atoms in total.